The summed E-state index contributed by atoms with van der Waals surface area (Å²) in [5.41, 5.74) is -0.287. The highest BCUT2D eigenvalue weighted by Crippen LogP contribution is 2.24. The molecule has 0 saturated carbocycles. The van der Waals surface area contributed by atoms with Crippen LogP contribution in [0.1, 0.15) is 43.0 Å². The molecule has 0 saturated heterocycles. The van der Waals surface area contributed by atoms with Gasteiger partial charge in [-0.1, -0.05) is 37.8 Å². The molecule has 0 spiro atoms. The third kappa shape index (κ3) is 5.74. The third-order valence-electron chi connectivity index (χ3n) is 3.68. The Labute approximate surface area is 156 Å². The monoisotopic (exact) mass is 377 g/mol. The van der Waals surface area contributed by atoms with Gasteiger partial charge in [-0.05, 0) is 36.8 Å². The average molecular weight is 378 g/mol. The highest BCUT2D eigenvalue weighted by Gasteiger charge is 2.17. The second-order valence-corrected chi connectivity index (χ2v) is 6.10. The molecule has 0 radical (unpaired) electrons. The summed E-state index contributed by atoms with van der Waals surface area (Å²) in [6.45, 7) is 2.80. The van der Waals surface area contributed by atoms with Gasteiger partial charge in [-0.25, -0.2) is 4.79 Å². The maximum absolute atomic E-state index is 12.2. The lowest BCUT2D eigenvalue weighted by molar-refractivity contribution is -0.384. The quantitative estimate of drug-likeness (QED) is 0.191. The zero-order chi connectivity index (χ0) is 18.9. The first-order chi connectivity index (χ1) is 12.5. The number of unbranched alkanes of at least 4 members (excludes halogenated alkanes) is 3. The average Bonchev–Trinajstić information content (AvgIpc) is 2.63. The second kappa shape index (κ2) is 9.77. The second-order valence-electron chi connectivity index (χ2n) is 5.69. The largest absolute Gasteiger partial charge is 0.494 e. The molecule has 0 fully saturated rings. The number of nitro groups is 1. The molecule has 0 N–H and O–H groups in total. The standard InChI is InChI=1S/C19H20ClNO5/c1-2-3-4-5-12-25-15-7-9-16(10-8-15)26-19(22)17-13-14(21(23)24)6-11-18(17)20/h6-11,13H,2-5,12H2,1H3. The van der Waals surface area contributed by atoms with Gasteiger partial charge in [-0.3, -0.25) is 10.1 Å². The number of ether oxygens (including phenoxy) is 2. The van der Waals surface area contributed by atoms with Crippen molar-refractivity contribution < 1.29 is 19.2 Å². The summed E-state index contributed by atoms with van der Waals surface area (Å²) < 4.78 is 10.8. The van der Waals surface area contributed by atoms with Crippen molar-refractivity contribution in [2.45, 2.75) is 32.6 Å². The highest BCUT2D eigenvalue weighted by molar-refractivity contribution is 6.33. The van der Waals surface area contributed by atoms with Crippen LogP contribution < -0.4 is 9.47 Å². The Morgan fingerprint density at radius 1 is 1.08 bits per heavy atom. The first-order valence-electron chi connectivity index (χ1n) is 8.40. The van der Waals surface area contributed by atoms with E-state index in [2.05, 4.69) is 6.92 Å². The molecule has 0 aliphatic rings. The Kier molecular flexibility index (Phi) is 7.41. The molecule has 2 aromatic rings. The van der Waals surface area contributed by atoms with Crippen LogP contribution in [-0.2, 0) is 0 Å². The fourth-order valence-corrected chi connectivity index (χ4v) is 2.46. The van der Waals surface area contributed by atoms with E-state index in [1.54, 1.807) is 24.3 Å². The van der Waals surface area contributed by atoms with Gasteiger partial charge in [0.15, 0.2) is 0 Å². The zero-order valence-electron chi connectivity index (χ0n) is 14.4. The minimum absolute atomic E-state index is 0.0582. The van der Waals surface area contributed by atoms with Crippen LogP contribution in [0.5, 0.6) is 11.5 Å². The molecule has 0 aliphatic heterocycles. The molecule has 26 heavy (non-hydrogen) atoms. The van der Waals surface area contributed by atoms with E-state index in [-0.39, 0.29) is 16.3 Å². The minimum atomic E-state index is -0.757. The van der Waals surface area contributed by atoms with E-state index in [9.17, 15) is 14.9 Å². The number of carbonyl (C=O) groups excluding carboxylic acids is 1. The van der Waals surface area contributed by atoms with E-state index >= 15 is 0 Å². The van der Waals surface area contributed by atoms with Gasteiger partial charge in [-0.15, -0.1) is 0 Å². The van der Waals surface area contributed by atoms with Gasteiger partial charge in [0, 0.05) is 12.1 Å². The number of nitrogens with zero attached hydrogens (tertiary/aromatic N) is 1. The van der Waals surface area contributed by atoms with E-state index in [1.165, 1.54) is 25.0 Å². The molecule has 0 unspecified atom stereocenters. The van der Waals surface area contributed by atoms with E-state index in [0.29, 0.717) is 18.1 Å². The van der Waals surface area contributed by atoms with Gasteiger partial charge in [0.05, 0.1) is 22.1 Å². The number of nitro benzene ring substituents is 1. The molecule has 6 nitrogen and oxygen atoms in total. The fourth-order valence-electron chi connectivity index (χ4n) is 2.27. The molecule has 138 valence electrons. The van der Waals surface area contributed by atoms with Crippen LogP contribution in [0, 0.1) is 10.1 Å². The van der Waals surface area contributed by atoms with Crippen LogP contribution in [0.4, 0.5) is 5.69 Å². The van der Waals surface area contributed by atoms with Crippen molar-refractivity contribution in [3.05, 3.63) is 63.2 Å². The number of carbonyl (C=O) groups is 1. The van der Waals surface area contributed by atoms with Crippen LogP contribution in [-0.4, -0.2) is 17.5 Å². The van der Waals surface area contributed by atoms with Gasteiger partial charge < -0.3 is 9.47 Å². The van der Waals surface area contributed by atoms with E-state index in [4.69, 9.17) is 21.1 Å². The third-order valence-corrected chi connectivity index (χ3v) is 4.01. The van der Waals surface area contributed by atoms with Crippen LogP contribution in [0.2, 0.25) is 5.02 Å². The van der Waals surface area contributed by atoms with E-state index < -0.39 is 10.9 Å². The molecule has 0 aromatic heterocycles. The molecule has 0 bridgehead atoms. The van der Waals surface area contributed by atoms with Crippen LogP contribution in [0.3, 0.4) is 0 Å². The molecular weight excluding hydrogens is 358 g/mol. The summed E-state index contributed by atoms with van der Waals surface area (Å²) in [5, 5.41) is 10.9. The number of hydrogen-bond acceptors (Lipinski definition) is 5. The fraction of sp³-hybridized carbons (Fsp3) is 0.316. The lowest BCUT2D eigenvalue weighted by atomic mass is 10.2. The molecule has 0 atom stereocenters. The lowest BCUT2D eigenvalue weighted by Crippen LogP contribution is -2.09. The topological polar surface area (TPSA) is 78.7 Å². The van der Waals surface area contributed by atoms with Gasteiger partial charge in [0.25, 0.3) is 5.69 Å². The summed E-state index contributed by atoms with van der Waals surface area (Å²) in [6.07, 6.45) is 4.50. The lowest BCUT2D eigenvalue weighted by Gasteiger charge is -2.08. The Balaban J connectivity index is 1.95. The number of halogens is 1. The Morgan fingerprint density at radius 3 is 2.42 bits per heavy atom. The summed E-state index contributed by atoms with van der Waals surface area (Å²) in [7, 11) is 0. The van der Waals surface area contributed by atoms with Crippen molar-refractivity contribution >= 4 is 23.3 Å². The normalized spacial score (nSPS) is 10.4. The first kappa shape index (κ1) is 19.7. The predicted octanol–water partition coefficient (Wildman–Crippen LogP) is 5.43. The van der Waals surface area contributed by atoms with Crippen molar-refractivity contribution in [1.82, 2.24) is 0 Å². The van der Waals surface area contributed by atoms with Crippen LogP contribution in [0.25, 0.3) is 0 Å². The van der Waals surface area contributed by atoms with Crippen molar-refractivity contribution in [2.75, 3.05) is 6.61 Å². The van der Waals surface area contributed by atoms with E-state index in [1.807, 2.05) is 0 Å². The molecular formula is C19H20ClNO5. The first-order valence-corrected chi connectivity index (χ1v) is 8.78. The zero-order valence-corrected chi connectivity index (χ0v) is 15.2. The summed E-state index contributed by atoms with van der Waals surface area (Å²) in [6, 6.07) is 10.2. The summed E-state index contributed by atoms with van der Waals surface area (Å²) in [5.74, 6) is 0.234. The van der Waals surface area contributed by atoms with Crippen molar-refractivity contribution in [1.29, 1.82) is 0 Å². The maximum Gasteiger partial charge on any atom is 0.345 e. The molecule has 0 amide bonds. The Bertz CT molecular complexity index is 761. The summed E-state index contributed by atoms with van der Waals surface area (Å²) >= 11 is 5.94. The number of benzene rings is 2. The SMILES string of the molecule is CCCCCCOc1ccc(OC(=O)c2cc([N+](=O)[O-])ccc2Cl)cc1. The molecule has 0 heterocycles. The number of non-ortho nitro benzene ring substituents is 1. The Morgan fingerprint density at radius 2 is 1.77 bits per heavy atom. The molecule has 0 aliphatic carbocycles. The van der Waals surface area contributed by atoms with Gasteiger partial charge >= 0.3 is 5.97 Å². The number of rotatable bonds is 9. The summed E-state index contributed by atoms with van der Waals surface area (Å²) in [4.78, 5) is 22.4. The van der Waals surface area contributed by atoms with Crippen molar-refractivity contribution in [3.63, 3.8) is 0 Å². The van der Waals surface area contributed by atoms with Gasteiger partial charge in [0.1, 0.15) is 11.5 Å². The maximum atomic E-state index is 12.2. The molecule has 2 aromatic carbocycles. The Hall–Kier alpha value is -2.60. The van der Waals surface area contributed by atoms with Crippen LogP contribution in [0.15, 0.2) is 42.5 Å². The number of hydrogen-bond donors (Lipinski definition) is 0. The minimum Gasteiger partial charge on any atom is -0.494 e. The van der Waals surface area contributed by atoms with Gasteiger partial charge in [0.2, 0.25) is 0 Å². The van der Waals surface area contributed by atoms with Gasteiger partial charge in [-0.2, -0.15) is 0 Å². The highest BCUT2D eigenvalue weighted by atomic mass is 35.5. The molecule has 2 rings (SSSR count). The smallest absolute Gasteiger partial charge is 0.345 e. The van der Waals surface area contributed by atoms with Crippen molar-refractivity contribution in [2.24, 2.45) is 0 Å². The number of esters is 1. The van der Waals surface area contributed by atoms with E-state index in [0.717, 1.165) is 18.9 Å². The predicted molar refractivity (Wildman–Crippen MR) is 99.1 cm³/mol. The molecule has 7 heteroatoms. The van der Waals surface area contributed by atoms with Crippen LogP contribution >= 0.6 is 11.6 Å². The van der Waals surface area contributed by atoms with Crippen molar-refractivity contribution in [3.8, 4) is 11.5 Å².